The summed E-state index contributed by atoms with van der Waals surface area (Å²) in [5, 5.41) is 4.12. The normalized spacial score (nSPS) is 17.7. The molecule has 3 rings (SSSR count). The van der Waals surface area contributed by atoms with E-state index in [0.717, 1.165) is 36.6 Å². The van der Waals surface area contributed by atoms with Crippen molar-refractivity contribution in [2.75, 3.05) is 6.54 Å². The van der Waals surface area contributed by atoms with Crippen molar-refractivity contribution in [3.8, 4) is 0 Å². The first-order valence-electron chi connectivity index (χ1n) is 6.83. The first kappa shape index (κ1) is 12.2. The molecule has 1 aromatic heterocycles. The number of carbonyl (C=O) groups excluding carboxylic acids is 1. The first-order chi connectivity index (χ1) is 9.24. The lowest BCUT2D eigenvalue weighted by atomic mass is 9.97. The smallest absolute Gasteiger partial charge is 0.253 e. The predicted molar refractivity (Wildman–Crippen MR) is 76.0 cm³/mol. The topological polar surface area (TPSA) is 70.9 Å². The number of benzene rings is 1. The molecule has 0 aliphatic heterocycles. The molecule has 0 saturated heterocycles. The van der Waals surface area contributed by atoms with Crippen molar-refractivity contribution in [1.29, 1.82) is 0 Å². The van der Waals surface area contributed by atoms with Crippen molar-refractivity contribution in [2.45, 2.75) is 31.2 Å². The molecule has 4 N–H and O–H groups in total. The fraction of sp³-hybridized carbons (Fsp3) is 0.400. The maximum atomic E-state index is 12.5. The molecule has 19 heavy (non-hydrogen) atoms. The minimum absolute atomic E-state index is 0.0233. The van der Waals surface area contributed by atoms with E-state index in [-0.39, 0.29) is 11.4 Å². The van der Waals surface area contributed by atoms with Gasteiger partial charge in [-0.2, -0.15) is 0 Å². The number of hydrogen-bond donors (Lipinski definition) is 3. The quantitative estimate of drug-likeness (QED) is 0.788. The number of hydrogen-bond acceptors (Lipinski definition) is 2. The standard InChI is InChI=1S/C15H19N3O/c16-10-15(7-3-4-8-15)18-14(19)12-9-17-13-6-2-1-5-11(12)13/h1-2,5-6,9,17H,3-4,7-8,10,16H2,(H,18,19). The molecular formula is C15H19N3O. The summed E-state index contributed by atoms with van der Waals surface area (Å²) < 4.78 is 0. The van der Waals surface area contributed by atoms with Crippen molar-refractivity contribution in [1.82, 2.24) is 10.3 Å². The van der Waals surface area contributed by atoms with Crippen LogP contribution in [0.4, 0.5) is 0 Å². The molecule has 4 nitrogen and oxygen atoms in total. The second-order valence-corrected chi connectivity index (χ2v) is 5.39. The van der Waals surface area contributed by atoms with Crippen LogP contribution in [0.1, 0.15) is 36.0 Å². The van der Waals surface area contributed by atoms with Crippen LogP contribution in [0.15, 0.2) is 30.5 Å². The second-order valence-electron chi connectivity index (χ2n) is 5.39. The molecule has 2 aromatic rings. The molecule has 1 aliphatic rings. The Kier molecular flexibility index (Phi) is 3.03. The lowest BCUT2D eigenvalue weighted by Crippen LogP contribution is -2.51. The van der Waals surface area contributed by atoms with Gasteiger partial charge in [0.1, 0.15) is 0 Å². The van der Waals surface area contributed by atoms with Gasteiger partial charge in [0.05, 0.1) is 11.1 Å². The number of para-hydroxylation sites is 1. The summed E-state index contributed by atoms with van der Waals surface area (Å²) in [7, 11) is 0. The molecule has 0 spiro atoms. The highest BCUT2D eigenvalue weighted by Crippen LogP contribution is 2.29. The molecule has 1 fully saturated rings. The van der Waals surface area contributed by atoms with E-state index in [4.69, 9.17) is 5.73 Å². The van der Waals surface area contributed by atoms with E-state index in [1.807, 2.05) is 24.3 Å². The summed E-state index contributed by atoms with van der Waals surface area (Å²) >= 11 is 0. The van der Waals surface area contributed by atoms with Gasteiger partial charge in [-0.3, -0.25) is 4.79 Å². The summed E-state index contributed by atoms with van der Waals surface area (Å²) in [4.78, 5) is 15.6. The first-order valence-corrected chi connectivity index (χ1v) is 6.83. The summed E-state index contributed by atoms with van der Waals surface area (Å²) in [6, 6.07) is 7.84. The number of rotatable bonds is 3. The van der Waals surface area contributed by atoms with Gasteiger partial charge in [-0.1, -0.05) is 31.0 Å². The zero-order valence-electron chi connectivity index (χ0n) is 10.9. The van der Waals surface area contributed by atoms with Crippen LogP contribution in [-0.2, 0) is 0 Å². The Labute approximate surface area is 112 Å². The van der Waals surface area contributed by atoms with Crippen LogP contribution in [-0.4, -0.2) is 23.0 Å². The van der Waals surface area contributed by atoms with Crippen molar-refractivity contribution in [3.05, 3.63) is 36.0 Å². The molecule has 1 saturated carbocycles. The highest BCUT2D eigenvalue weighted by atomic mass is 16.1. The highest BCUT2D eigenvalue weighted by Gasteiger charge is 2.34. The average Bonchev–Trinajstić information content (AvgIpc) is 3.05. The molecule has 1 aromatic carbocycles. The number of nitrogens with two attached hydrogens (primary N) is 1. The van der Waals surface area contributed by atoms with Crippen LogP contribution in [0.25, 0.3) is 10.9 Å². The average molecular weight is 257 g/mol. The number of H-pyrrole nitrogens is 1. The minimum Gasteiger partial charge on any atom is -0.360 e. The van der Waals surface area contributed by atoms with E-state index in [1.54, 1.807) is 6.20 Å². The van der Waals surface area contributed by atoms with Crippen LogP contribution < -0.4 is 11.1 Å². The summed E-state index contributed by atoms with van der Waals surface area (Å²) in [5.74, 6) is -0.0233. The zero-order valence-corrected chi connectivity index (χ0v) is 10.9. The maximum Gasteiger partial charge on any atom is 0.253 e. The Bertz CT molecular complexity index is 596. The summed E-state index contributed by atoms with van der Waals surface area (Å²) in [6.45, 7) is 0.515. The van der Waals surface area contributed by atoms with Crippen LogP contribution in [0.5, 0.6) is 0 Å². The van der Waals surface area contributed by atoms with Crippen molar-refractivity contribution < 1.29 is 4.79 Å². The molecule has 0 unspecified atom stereocenters. The van der Waals surface area contributed by atoms with Gasteiger partial charge >= 0.3 is 0 Å². The maximum absolute atomic E-state index is 12.5. The number of aromatic amines is 1. The molecule has 100 valence electrons. The highest BCUT2D eigenvalue weighted by molar-refractivity contribution is 6.06. The lowest BCUT2D eigenvalue weighted by molar-refractivity contribution is 0.0905. The number of aromatic nitrogens is 1. The number of fused-ring (bicyclic) bond motifs is 1. The molecule has 0 radical (unpaired) electrons. The van der Waals surface area contributed by atoms with Gasteiger partial charge in [0.25, 0.3) is 5.91 Å². The molecule has 4 heteroatoms. The molecular weight excluding hydrogens is 238 g/mol. The number of amides is 1. The third kappa shape index (κ3) is 2.12. The van der Waals surface area contributed by atoms with Crippen LogP contribution in [0, 0.1) is 0 Å². The SMILES string of the molecule is NCC1(NC(=O)c2c[nH]c3ccccc23)CCCC1. The van der Waals surface area contributed by atoms with Gasteiger partial charge < -0.3 is 16.0 Å². The van der Waals surface area contributed by atoms with E-state index in [2.05, 4.69) is 10.3 Å². The van der Waals surface area contributed by atoms with E-state index in [1.165, 1.54) is 0 Å². The Morgan fingerprint density at radius 2 is 2.05 bits per heavy atom. The molecule has 1 amide bonds. The second kappa shape index (κ2) is 4.70. The Balaban J connectivity index is 1.88. The van der Waals surface area contributed by atoms with Gasteiger partial charge in [0.2, 0.25) is 0 Å². The zero-order chi connectivity index (χ0) is 13.3. The van der Waals surface area contributed by atoms with E-state index >= 15 is 0 Å². The minimum atomic E-state index is -0.199. The van der Waals surface area contributed by atoms with Crippen molar-refractivity contribution in [3.63, 3.8) is 0 Å². The lowest BCUT2D eigenvalue weighted by Gasteiger charge is -2.28. The molecule has 0 atom stereocenters. The van der Waals surface area contributed by atoms with Gasteiger partial charge in [-0.25, -0.2) is 0 Å². The number of carbonyl (C=O) groups is 1. The Morgan fingerprint density at radius 1 is 1.32 bits per heavy atom. The van der Waals surface area contributed by atoms with Gasteiger partial charge in [0.15, 0.2) is 0 Å². The monoisotopic (exact) mass is 257 g/mol. The van der Waals surface area contributed by atoms with E-state index < -0.39 is 0 Å². The Hall–Kier alpha value is -1.81. The van der Waals surface area contributed by atoms with Gasteiger partial charge in [0, 0.05) is 23.6 Å². The molecule has 1 aliphatic carbocycles. The Morgan fingerprint density at radius 3 is 2.79 bits per heavy atom. The molecule has 1 heterocycles. The predicted octanol–water partition coefficient (Wildman–Crippen LogP) is 2.17. The summed E-state index contributed by atoms with van der Waals surface area (Å²) in [6.07, 6.45) is 6.03. The number of nitrogens with one attached hydrogen (secondary N) is 2. The summed E-state index contributed by atoms with van der Waals surface area (Å²) in [5.41, 5.74) is 7.35. The van der Waals surface area contributed by atoms with Crippen LogP contribution in [0.2, 0.25) is 0 Å². The van der Waals surface area contributed by atoms with Crippen LogP contribution in [0.3, 0.4) is 0 Å². The fourth-order valence-electron chi connectivity index (χ4n) is 3.00. The van der Waals surface area contributed by atoms with Gasteiger partial charge in [-0.05, 0) is 18.9 Å². The van der Waals surface area contributed by atoms with Crippen LogP contribution >= 0.6 is 0 Å². The molecule has 0 bridgehead atoms. The largest absolute Gasteiger partial charge is 0.360 e. The third-order valence-electron chi connectivity index (χ3n) is 4.16. The van der Waals surface area contributed by atoms with Gasteiger partial charge in [-0.15, -0.1) is 0 Å². The van der Waals surface area contributed by atoms with E-state index in [0.29, 0.717) is 12.1 Å². The van der Waals surface area contributed by atoms with Crippen molar-refractivity contribution in [2.24, 2.45) is 5.73 Å². The third-order valence-corrected chi connectivity index (χ3v) is 4.16. The van der Waals surface area contributed by atoms with E-state index in [9.17, 15) is 4.79 Å². The van der Waals surface area contributed by atoms with Crippen molar-refractivity contribution >= 4 is 16.8 Å². The fourth-order valence-corrected chi connectivity index (χ4v) is 3.00.